The first-order chi connectivity index (χ1) is 9.66. The normalized spacial score (nSPS) is 10.7. The second-order valence-corrected chi connectivity index (χ2v) is 5.26. The van der Waals surface area contributed by atoms with Crippen LogP contribution < -0.4 is 5.32 Å². The Labute approximate surface area is 124 Å². The third-order valence-electron chi connectivity index (χ3n) is 2.99. The Morgan fingerprint density at radius 1 is 1.20 bits per heavy atom. The molecule has 2 aromatic carbocycles. The first-order valence-electron chi connectivity index (χ1n) is 5.94. The molecule has 3 rings (SSSR count). The minimum absolute atomic E-state index is 0.251. The maximum atomic E-state index is 12.3. The van der Waals surface area contributed by atoms with Crippen LogP contribution in [0.1, 0.15) is 15.9 Å². The summed E-state index contributed by atoms with van der Waals surface area (Å²) in [5.41, 5.74) is 3.53. The van der Waals surface area contributed by atoms with Gasteiger partial charge in [-0.1, -0.05) is 29.8 Å². The number of nitrogens with zero attached hydrogens (tertiary/aromatic N) is 2. The molecule has 0 bridgehead atoms. The fourth-order valence-corrected chi connectivity index (χ4v) is 2.70. The second kappa shape index (κ2) is 5.19. The van der Waals surface area contributed by atoms with E-state index in [1.165, 1.54) is 0 Å². The van der Waals surface area contributed by atoms with Crippen molar-refractivity contribution in [1.82, 2.24) is 8.75 Å². The number of amides is 1. The summed E-state index contributed by atoms with van der Waals surface area (Å²) in [7, 11) is 0. The van der Waals surface area contributed by atoms with Gasteiger partial charge in [0.1, 0.15) is 11.0 Å². The minimum atomic E-state index is -0.251. The maximum Gasteiger partial charge on any atom is 0.257 e. The van der Waals surface area contributed by atoms with Gasteiger partial charge in [0, 0.05) is 0 Å². The quantitative estimate of drug-likeness (QED) is 0.781. The van der Waals surface area contributed by atoms with Gasteiger partial charge in [0.05, 0.1) is 28.0 Å². The van der Waals surface area contributed by atoms with Crippen molar-refractivity contribution in [2.45, 2.75) is 6.92 Å². The van der Waals surface area contributed by atoms with Crippen molar-refractivity contribution in [2.24, 2.45) is 0 Å². The van der Waals surface area contributed by atoms with E-state index >= 15 is 0 Å². The molecule has 6 heteroatoms. The van der Waals surface area contributed by atoms with Crippen molar-refractivity contribution in [3.63, 3.8) is 0 Å². The number of aromatic nitrogens is 2. The highest BCUT2D eigenvalue weighted by Gasteiger charge is 2.14. The van der Waals surface area contributed by atoms with Crippen LogP contribution in [0.15, 0.2) is 36.4 Å². The van der Waals surface area contributed by atoms with E-state index in [2.05, 4.69) is 14.1 Å². The van der Waals surface area contributed by atoms with Gasteiger partial charge >= 0.3 is 0 Å². The van der Waals surface area contributed by atoms with E-state index in [1.807, 2.05) is 19.1 Å². The van der Waals surface area contributed by atoms with E-state index in [4.69, 9.17) is 11.6 Å². The van der Waals surface area contributed by atoms with Gasteiger partial charge in [0.15, 0.2) is 0 Å². The molecule has 1 N–H and O–H groups in total. The summed E-state index contributed by atoms with van der Waals surface area (Å²) in [6.07, 6.45) is 0. The number of rotatable bonds is 2. The molecule has 0 aliphatic heterocycles. The summed E-state index contributed by atoms with van der Waals surface area (Å²) in [5.74, 6) is -0.251. The van der Waals surface area contributed by atoms with Crippen molar-refractivity contribution in [2.75, 3.05) is 5.32 Å². The zero-order valence-corrected chi connectivity index (χ0v) is 12.1. The van der Waals surface area contributed by atoms with E-state index in [-0.39, 0.29) is 5.91 Å². The van der Waals surface area contributed by atoms with Crippen molar-refractivity contribution >= 4 is 46.0 Å². The molecule has 0 aliphatic carbocycles. The van der Waals surface area contributed by atoms with Gasteiger partial charge in [-0.2, -0.15) is 8.75 Å². The van der Waals surface area contributed by atoms with Gasteiger partial charge in [-0.25, -0.2) is 0 Å². The number of carbonyl (C=O) groups excluding carboxylic acids is 1. The summed E-state index contributed by atoms with van der Waals surface area (Å²) < 4.78 is 8.40. The molecule has 3 aromatic rings. The van der Waals surface area contributed by atoms with Crippen LogP contribution >= 0.6 is 23.3 Å². The van der Waals surface area contributed by atoms with Crippen molar-refractivity contribution in [3.8, 4) is 0 Å². The highest BCUT2D eigenvalue weighted by Crippen LogP contribution is 2.26. The third kappa shape index (κ3) is 2.26. The van der Waals surface area contributed by atoms with E-state index in [0.29, 0.717) is 21.8 Å². The van der Waals surface area contributed by atoms with Crippen molar-refractivity contribution in [3.05, 3.63) is 52.5 Å². The van der Waals surface area contributed by atoms with Crippen LogP contribution in [0, 0.1) is 6.92 Å². The lowest BCUT2D eigenvalue weighted by molar-refractivity contribution is 0.102. The lowest BCUT2D eigenvalue weighted by atomic mass is 10.1. The summed E-state index contributed by atoms with van der Waals surface area (Å²) in [5, 5.41) is 3.30. The smallest absolute Gasteiger partial charge is 0.257 e. The molecule has 0 aliphatic rings. The minimum Gasteiger partial charge on any atom is -0.320 e. The topological polar surface area (TPSA) is 54.9 Å². The largest absolute Gasteiger partial charge is 0.320 e. The molecule has 1 heterocycles. The number of anilines is 1. The van der Waals surface area contributed by atoms with E-state index in [9.17, 15) is 4.79 Å². The Hall–Kier alpha value is -1.98. The first-order valence-corrected chi connectivity index (χ1v) is 7.05. The Kier molecular flexibility index (Phi) is 3.38. The lowest BCUT2D eigenvalue weighted by Gasteiger charge is -2.09. The average molecular weight is 304 g/mol. The monoisotopic (exact) mass is 303 g/mol. The Bertz CT molecular complexity index is 800. The van der Waals surface area contributed by atoms with Crippen LogP contribution in [-0.2, 0) is 0 Å². The molecule has 4 nitrogen and oxygen atoms in total. The maximum absolute atomic E-state index is 12.3. The lowest BCUT2D eigenvalue weighted by Crippen LogP contribution is -2.13. The van der Waals surface area contributed by atoms with Crippen LogP contribution in [0.5, 0.6) is 0 Å². The number of benzene rings is 2. The third-order valence-corrected chi connectivity index (χ3v) is 3.87. The van der Waals surface area contributed by atoms with Crippen LogP contribution in [0.3, 0.4) is 0 Å². The Morgan fingerprint density at radius 2 is 2.00 bits per heavy atom. The standard InChI is InChI=1S/C14H10ClN3OS/c1-8-6-7-11-13(18-20-17-11)12(8)16-14(19)9-4-2-3-5-10(9)15/h2-7H,1H3,(H,16,19). The number of halogens is 1. The number of hydrogen-bond donors (Lipinski definition) is 1. The van der Waals surface area contributed by atoms with Crippen LogP contribution in [0.4, 0.5) is 5.69 Å². The number of carbonyl (C=O) groups is 1. The van der Waals surface area contributed by atoms with Crippen LogP contribution in [-0.4, -0.2) is 14.7 Å². The first kappa shape index (κ1) is 13.0. The molecule has 0 unspecified atom stereocenters. The van der Waals surface area contributed by atoms with E-state index in [0.717, 1.165) is 22.8 Å². The van der Waals surface area contributed by atoms with Crippen LogP contribution in [0.25, 0.3) is 11.0 Å². The fourth-order valence-electron chi connectivity index (χ4n) is 1.94. The van der Waals surface area contributed by atoms with Crippen molar-refractivity contribution < 1.29 is 4.79 Å². The predicted octanol–water partition coefficient (Wildman–Crippen LogP) is 3.91. The SMILES string of the molecule is Cc1ccc2nsnc2c1NC(=O)c1ccccc1Cl. The molecule has 1 amide bonds. The molecular weight excluding hydrogens is 294 g/mol. The number of fused-ring (bicyclic) bond motifs is 1. The molecule has 0 fully saturated rings. The predicted molar refractivity (Wildman–Crippen MR) is 81.6 cm³/mol. The molecule has 1 aromatic heterocycles. The highest BCUT2D eigenvalue weighted by molar-refractivity contribution is 7.00. The molecule has 0 radical (unpaired) electrons. The van der Waals surface area contributed by atoms with E-state index < -0.39 is 0 Å². The summed E-state index contributed by atoms with van der Waals surface area (Å²) in [6, 6.07) is 10.7. The van der Waals surface area contributed by atoms with Gasteiger partial charge < -0.3 is 5.32 Å². The Balaban J connectivity index is 2.01. The number of nitrogens with one attached hydrogen (secondary N) is 1. The van der Waals surface area contributed by atoms with Gasteiger partial charge in [-0.15, -0.1) is 0 Å². The van der Waals surface area contributed by atoms with Gasteiger partial charge in [0.2, 0.25) is 0 Å². The zero-order valence-electron chi connectivity index (χ0n) is 10.6. The molecule has 0 atom stereocenters. The van der Waals surface area contributed by atoms with E-state index in [1.54, 1.807) is 24.3 Å². The Morgan fingerprint density at radius 3 is 2.80 bits per heavy atom. The van der Waals surface area contributed by atoms with Gasteiger partial charge in [-0.05, 0) is 30.7 Å². The average Bonchev–Trinajstić information content (AvgIpc) is 2.91. The molecule has 20 heavy (non-hydrogen) atoms. The van der Waals surface area contributed by atoms with Crippen molar-refractivity contribution in [1.29, 1.82) is 0 Å². The molecular formula is C14H10ClN3OS. The fraction of sp³-hybridized carbons (Fsp3) is 0.0714. The summed E-state index contributed by atoms with van der Waals surface area (Å²) in [4.78, 5) is 12.3. The summed E-state index contributed by atoms with van der Waals surface area (Å²) in [6.45, 7) is 1.92. The molecule has 0 saturated carbocycles. The molecule has 0 saturated heterocycles. The second-order valence-electron chi connectivity index (χ2n) is 4.32. The number of hydrogen-bond acceptors (Lipinski definition) is 4. The molecule has 0 spiro atoms. The molecule has 100 valence electrons. The van der Waals surface area contributed by atoms with Gasteiger partial charge in [0.25, 0.3) is 5.91 Å². The van der Waals surface area contributed by atoms with Gasteiger partial charge in [-0.3, -0.25) is 4.79 Å². The zero-order chi connectivity index (χ0) is 14.1. The highest BCUT2D eigenvalue weighted by atomic mass is 35.5. The van der Waals surface area contributed by atoms with Crippen LogP contribution in [0.2, 0.25) is 5.02 Å². The summed E-state index contributed by atoms with van der Waals surface area (Å²) >= 11 is 7.16. The number of aryl methyl sites for hydroxylation is 1.